The smallest absolute Gasteiger partial charge is 0.214 e. The lowest BCUT2D eigenvalue weighted by Crippen LogP contribution is -2.35. The molecule has 3 atom stereocenters. The summed E-state index contributed by atoms with van der Waals surface area (Å²) in [4.78, 5) is 12.9. The molecule has 6 heteroatoms. The van der Waals surface area contributed by atoms with Crippen molar-refractivity contribution in [3.63, 3.8) is 0 Å². The van der Waals surface area contributed by atoms with Crippen molar-refractivity contribution >= 4 is 17.5 Å². The predicted octanol–water partition coefficient (Wildman–Crippen LogP) is 3.15. The van der Waals surface area contributed by atoms with Crippen molar-refractivity contribution in [2.75, 3.05) is 0 Å². The molecule has 2 fully saturated rings. The zero-order valence-electron chi connectivity index (χ0n) is 13.6. The van der Waals surface area contributed by atoms with E-state index in [1.165, 1.54) is 11.8 Å². The Morgan fingerprint density at radius 2 is 1.96 bits per heavy atom. The lowest BCUT2D eigenvalue weighted by molar-refractivity contribution is -0.122. The van der Waals surface area contributed by atoms with Crippen molar-refractivity contribution in [2.45, 2.75) is 44.0 Å². The number of tetrazole rings is 1. The average Bonchev–Trinajstić information content (AvgIpc) is 3.12. The van der Waals surface area contributed by atoms with Crippen LogP contribution >= 0.6 is 11.8 Å². The maximum atomic E-state index is 12.9. The van der Waals surface area contributed by atoms with E-state index in [1.807, 2.05) is 30.3 Å². The lowest BCUT2D eigenvalue weighted by Gasteiger charge is -2.37. The first-order valence-electron chi connectivity index (χ1n) is 7.99. The van der Waals surface area contributed by atoms with Crippen LogP contribution in [0.4, 0.5) is 0 Å². The van der Waals surface area contributed by atoms with Gasteiger partial charge in [0.1, 0.15) is 5.78 Å². The van der Waals surface area contributed by atoms with Gasteiger partial charge in [-0.1, -0.05) is 50.7 Å². The number of aromatic nitrogens is 4. The molecule has 4 rings (SSSR count). The Kier molecular flexibility index (Phi) is 3.17. The van der Waals surface area contributed by atoms with Gasteiger partial charge in [-0.3, -0.25) is 4.79 Å². The molecule has 0 amide bonds. The van der Waals surface area contributed by atoms with Crippen molar-refractivity contribution in [1.82, 2.24) is 20.2 Å². The van der Waals surface area contributed by atoms with E-state index in [9.17, 15) is 4.79 Å². The Hall–Kier alpha value is -1.69. The zero-order valence-corrected chi connectivity index (χ0v) is 14.4. The van der Waals surface area contributed by atoms with Crippen LogP contribution in [0, 0.1) is 16.7 Å². The Morgan fingerprint density at radius 1 is 1.22 bits per heavy atom. The third kappa shape index (κ3) is 1.94. The van der Waals surface area contributed by atoms with Crippen LogP contribution in [-0.2, 0) is 4.79 Å². The summed E-state index contributed by atoms with van der Waals surface area (Å²) >= 11 is 1.53. The molecule has 1 heterocycles. The predicted molar refractivity (Wildman–Crippen MR) is 88.4 cm³/mol. The minimum atomic E-state index is -0.0651. The monoisotopic (exact) mass is 328 g/mol. The van der Waals surface area contributed by atoms with E-state index >= 15 is 0 Å². The molecule has 1 aromatic heterocycles. The Morgan fingerprint density at radius 3 is 2.61 bits per heavy atom. The zero-order chi connectivity index (χ0) is 16.2. The number of nitrogens with zero attached hydrogens (tertiary/aromatic N) is 4. The molecule has 23 heavy (non-hydrogen) atoms. The SMILES string of the molecule is CC1(C)[C@H]2CC[C@@]1(C)[C@H](Sc1nnnn1-c1ccccc1)C2=O. The molecular weight excluding hydrogens is 308 g/mol. The van der Waals surface area contributed by atoms with Gasteiger partial charge in [-0.15, -0.1) is 5.10 Å². The van der Waals surface area contributed by atoms with Crippen LogP contribution < -0.4 is 0 Å². The third-order valence-electron chi connectivity index (χ3n) is 6.14. The highest BCUT2D eigenvalue weighted by atomic mass is 32.2. The molecular formula is C17H20N4OS. The standard InChI is InChI=1S/C17H20N4OS/c1-16(2)12-9-10-17(16,3)14(13(12)22)23-15-18-19-20-21(15)11-7-5-4-6-8-11/h4-8,12,14H,9-10H2,1-3H3/t12-,14+,17-/m0/s1. The second kappa shape index (κ2) is 4.90. The van der Waals surface area contributed by atoms with Gasteiger partial charge in [-0.05, 0) is 46.2 Å². The van der Waals surface area contributed by atoms with E-state index in [0.717, 1.165) is 18.5 Å². The van der Waals surface area contributed by atoms with Crippen LogP contribution in [0.2, 0.25) is 0 Å². The molecule has 2 saturated carbocycles. The Bertz CT molecular complexity index is 757. The van der Waals surface area contributed by atoms with Gasteiger partial charge in [0.25, 0.3) is 0 Å². The van der Waals surface area contributed by atoms with E-state index in [2.05, 4.69) is 36.3 Å². The quantitative estimate of drug-likeness (QED) is 0.866. The highest BCUT2D eigenvalue weighted by Crippen LogP contribution is 2.67. The molecule has 2 aliphatic rings. The molecule has 0 unspecified atom stereocenters. The average molecular weight is 328 g/mol. The van der Waals surface area contributed by atoms with Gasteiger partial charge in [0.15, 0.2) is 0 Å². The summed E-state index contributed by atoms with van der Waals surface area (Å²) in [6, 6.07) is 9.81. The van der Waals surface area contributed by atoms with E-state index in [0.29, 0.717) is 10.9 Å². The Balaban J connectivity index is 1.68. The summed E-state index contributed by atoms with van der Waals surface area (Å²) in [5, 5.41) is 12.7. The van der Waals surface area contributed by atoms with E-state index in [1.54, 1.807) is 4.68 Å². The number of hydrogen-bond acceptors (Lipinski definition) is 5. The van der Waals surface area contributed by atoms with Gasteiger partial charge in [0, 0.05) is 5.92 Å². The lowest BCUT2D eigenvalue weighted by atomic mass is 9.71. The summed E-state index contributed by atoms with van der Waals surface area (Å²) in [6.45, 7) is 6.73. The van der Waals surface area contributed by atoms with Gasteiger partial charge in [0.2, 0.25) is 5.16 Å². The van der Waals surface area contributed by atoms with E-state index in [-0.39, 0.29) is 22.0 Å². The van der Waals surface area contributed by atoms with Gasteiger partial charge in [0.05, 0.1) is 10.9 Å². The van der Waals surface area contributed by atoms with Crippen molar-refractivity contribution in [1.29, 1.82) is 0 Å². The fourth-order valence-electron chi connectivity index (χ4n) is 4.27. The highest BCUT2D eigenvalue weighted by Gasteiger charge is 2.66. The first kappa shape index (κ1) is 14.9. The second-order valence-corrected chi connectivity index (χ2v) is 8.41. The summed E-state index contributed by atoms with van der Waals surface area (Å²) in [6.07, 6.45) is 2.12. The van der Waals surface area contributed by atoms with Gasteiger partial charge < -0.3 is 0 Å². The molecule has 0 N–H and O–H groups in total. The van der Waals surface area contributed by atoms with Crippen LogP contribution in [0.25, 0.3) is 5.69 Å². The molecule has 2 bridgehead atoms. The van der Waals surface area contributed by atoms with Crippen LogP contribution in [-0.4, -0.2) is 31.2 Å². The molecule has 0 radical (unpaired) electrons. The number of benzene rings is 1. The maximum Gasteiger partial charge on any atom is 0.214 e. The second-order valence-electron chi connectivity index (χ2n) is 7.34. The highest BCUT2D eigenvalue weighted by molar-refractivity contribution is 8.00. The summed E-state index contributed by atoms with van der Waals surface area (Å²) in [7, 11) is 0. The fraction of sp³-hybridized carbons (Fsp3) is 0.529. The number of carbonyl (C=O) groups excluding carboxylic acids is 1. The first-order valence-corrected chi connectivity index (χ1v) is 8.87. The van der Waals surface area contributed by atoms with Gasteiger partial charge in [-0.2, -0.15) is 4.68 Å². The van der Waals surface area contributed by atoms with E-state index < -0.39 is 0 Å². The fourth-order valence-corrected chi connectivity index (χ4v) is 5.76. The number of para-hydroxylation sites is 1. The van der Waals surface area contributed by atoms with E-state index in [4.69, 9.17) is 0 Å². The number of Topliss-reactive ketones (excluding diaryl/α,β-unsaturated/α-hetero) is 1. The molecule has 120 valence electrons. The summed E-state index contributed by atoms with van der Waals surface area (Å²) in [5.74, 6) is 0.544. The van der Waals surface area contributed by atoms with Gasteiger partial charge in [-0.25, -0.2) is 0 Å². The van der Waals surface area contributed by atoms with Gasteiger partial charge >= 0.3 is 0 Å². The number of rotatable bonds is 3. The summed E-state index contributed by atoms with van der Waals surface area (Å²) < 4.78 is 1.72. The molecule has 2 aromatic rings. The van der Waals surface area contributed by atoms with Crippen molar-refractivity contribution in [3.05, 3.63) is 30.3 Å². The third-order valence-corrected chi connectivity index (χ3v) is 7.59. The normalized spacial score (nSPS) is 31.7. The number of ketones is 1. The van der Waals surface area contributed by atoms with Crippen molar-refractivity contribution in [2.24, 2.45) is 16.7 Å². The number of hydrogen-bond donors (Lipinski definition) is 0. The molecule has 2 aliphatic carbocycles. The largest absolute Gasteiger partial charge is 0.298 e. The van der Waals surface area contributed by atoms with Crippen LogP contribution in [0.1, 0.15) is 33.6 Å². The number of fused-ring (bicyclic) bond motifs is 2. The van der Waals surface area contributed by atoms with Crippen LogP contribution in [0.15, 0.2) is 35.5 Å². The minimum Gasteiger partial charge on any atom is -0.298 e. The number of carbonyl (C=O) groups is 1. The van der Waals surface area contributed by atoms with Crippen molar-refractivity contribution in [3.8, 4) is 5.69 Å². The first-order chi connectivity index (χ1) is 10.9. The molecule has 0 aliphatic heterocycles. The molecule has 0 saturated heterocycles. The topological polar surface area (TPSA) is 60.7 Å². The molecule has 5 nitrogen and oxygen atoms in total. The van der Waals surface area contributed by atoms with Crippen LogP contribution in [0.3, 0.4) is 0 Å². The summed E-state index contributed by atoms with van der Waals surface area (Å²) in [5.41, 5.74) is 0.972. The maximum absolute atomic E-state index is 12.9. The number of thioether (sulfide) groups is 1. The minimum absolute atomic E-state index is 0.00683. The Labute approximate surface area is 139 Å². The molecule has 1 aromatic carbocycles. The van der Waals surface area contributed by atoms with Crippen LogP contribution in [0.5, 0.6) is 0 Å². The van der Waals surface area contributed by atoms with Crippen molar-refractivity contribution < 1.29 is 4.79 Å². The molecule has 0 spiro atoms.